The number of benzene rings is 2. The van der Waals surface area contributed by atoms with E-state index in [1.807, 2.05) is 24.3 Å². The maximum absolute atomic E-state index is 13.4. The van der Waals surface area contributed by atoms with Crippen LogP contribution in [0.4, 0.5) is 15.8 Å². The van der Waals surface area contributed by atoms with E-state index in [2.05, 4.69) is 28.9 Å². The van der Waals surface area contributed by atoms with Crippen LogP contribution in [0.3, 0.4) is 0 Å². The number of carbonyl (C=O) groups excluding carboxylic acids is 2. The normalized spacial score (nSPS) is 15.1. The lowest BCUT2D eigenvalue weighted by atomic mass is 9.85. The van der Waals surface area contributed by atoms with Crippen LogP contribution in [0.1, 0.15) is 31.1 Å². The van der Waals surface area contributed by atoms with E-state index in [0.29, 0.717) is 33.4 Å². The lowest BCUT2D eigenvalue weighted by Crippen LogP contribution is -2.31. The third-order valence-electron chi connectivity index (χ3n) is 5.82. The molecule has 1 aliphatic heterocycles. The largest absolute Gasteiger partial charge is 0.468 e. The van der Waals surface area contributed by atoms with Crippen molar-refractivity contribution in [3.05, 3.63) is 106 Å². The van der Waals surface area contributed by atoms with E-state index in [1.54, 1.807) is 19.1 Å². The van der Waals surface area contributed by atoms with Gasteiger partial charge in [0.2, 0.25) is 5.91 Å². The van der Waals surface area contributed by atoms with Gasteiger partial charge in [-0.3, -0.25) is 9.59 Å². The summed E-state index contributed by atoms with van der Waals surface area (Å²) in [6.45, 7) is 3.81. The second kappa shape index (κ2) is 11.6. The van der Waals surface area contributed by atoms with Gasteiger partial charge >= 0.3 is 0 Å². The standard InChI is InChI=1S/C28H25FN4O3S/c1-3-18-6-10-21(11-7-18)33-27(35)25-17(2)31-28(22(15-30)26(25)23-5-4-14-36-23)37-16-24(34)32-20-12-8-19(29)9-13-20/h4-14,26,31H,3,16H2,1-2H3,(H,32,34)(H,33,35). The van der Waals surface area contributed by atoms with Crippen LogP contribution in [0.5, 0.6) is 0 Å². The van der Waals surface area contributed by atoms with Crippen molar-refractivity contribution in [3.8, 4) is 6.07 Å². The molecular weight excluding hydrogens is 491 g/mol. The summed E-state index contributed by atoms with van der Waals surface area (Å²) in [6, 6.07) is 18.7. The van der Waals surface area contributed by atoms with Gasteiger partial charge < -0.3 is 20.4 Å². The Labute approximate surface area is 218 Å². The molecular formula is C28H25FN4O3S. The molecule has 2 heterocycles. The number of furan rings is 1. The first kappa shape index (κ1) is 25.8. The summed E-state index contributed by atoms with van der Waals surface area (Å²) in [6.07, 6.45) is 2.38. The van der Waals surface area contributed by atoms with Crippen molar-refractivity contribution in [3.63, 3.8) is 0 Å². The van der Waals surface area contributed by atoms with E-state index in [0.717, 1.165) is 23.7 Å². The average molecular weight is 517 g/mol. The molecule has 0 saturated carbocycles. The Hall–Kier alpha value is -4.29. The van der Waals surface area contributed by atoms with Crippen LogP contribution >= 0.6 is 11.8 Å². The number of halogens is 1. The molecule has 0 aliphatic carbocycles. The predicted molar refractivity (Wildman–Crippen MR) is 142 cm³/mol. The smallest absolute Gasteiger partial charge is 0.254 e. The zero-order valence-corrected chi connectivity index (χ0v) is 21.1. The van der Waals surface area contributed by atoms with Crippen molar-refractivity contribution in [1.82, 2.24) is 5.32 Å². The first-order valence-corrected chi connectivity index (χ1v) is 12.6. The maximum atomic E-state index is 13.4. The number of anilines is 2. The number of nitrogens with one attached hydrogen (secondary N) is 3. The molecule has 2 amide bonds. The van der Waals surface area contributed by atoms with Crippen molar-refractivity contribution < 1.29 is 18.4 Å². The molecule has 3 aromatic rings. The molecule has 3 N–H and O–H groups in total. The van der Waals surface area contributed by atoms with E-state index in [1.165, 1.54) is 30.5 Å². The minimum absolute atomic E-state index is 0.00560. The van der Waals surface area contributed by atoms with Gasteiger partial charge in [-0.2, -0.15) is 5.26 Å². The zero-order chi connectivity index (χ0) is 26.4. The second-order valence-corrected chi connectivity index (χ2v) is 9.30. The molecule has 0 bridgehead atoms. The van der Waals surface area contributed by atoms with E-state index >= 15 is 0 Å². The number of thioether (sulfide) groups is 1. The molecule has 1 aromatic heterocycles. The van der Waals surface area contributed by atoms with Crippen molar-refractivity contribution in [2.45, 2.75) is 26.2 Å². The number of hydrogen-bond acceptors (Lipinski definition) is 6. The highest BCUT2D eigenvalue weighted by Crippen LogP contribution is 2.41. The summed E-state index contributed by atoms with van der Waals surface area (Å²) in [5.41, 5.74) is 3.43. The fourth-order valence-electron chi connectivity index (χ4n) is 3.96. The molecule has 37 heavy (non-hydrogen) atoms. The molecule has 0 spiro atoms. The van der Waals surface area contributed by atoms with Crippen molar-refractivity contribution >= 4 is 35.0 Å². The van der Waals surface area contributed by atoms with Gasteiger partial charge in [0.25, 0.3) is 5.91 Å². The summed E-state index contributed by atoms with van der Waals surface area (Å²) >= 11 is 1.14. The molecule has 0 saturated heterocycles. The van der Waals surface area contributed by atoms with Crippen LogP contribution in [0.25, 0.3) is 0 Å². The molecule has 0 radical (unpaired) electrons. The first-order valence-electron chi connectivity index (χ1n) is 11.6. The number of dihydropyridines is 1. The summed E-state index contributed by atoms with van der Waals surface area (Å²) in [5.74, 6) is -1.39. The van der Waals surface area contributed by atoms with Gasteiger partial charge in [-0.15, -0.1) is 0 Å². The number of rotatable bonds is 8. The summed E-state index contributed by atoms with van der Waals surface area (Å²) in [7, 11) is 0. The molecule has 1 aliphatic rings. The number of allylic oxidation sites excluding steroid dienone is 2. The van der Waals surface area contributed by atoms with Gasteiger partial charge in [0.1, 0.15) is 11.6 Å². The maximum Gasteiger partial charge on any atom is 0.254 e. The van der Waals surface area contributed by atoms with Crippen molar-refractivity contribution in [2.24, 2.45) is 0 Å². The number of nitriles is 1. The summed E-state index contributed by atoms with van der Waals surface area (Å²) in [4.78, 5) is 25.9. The Morgan fingerprint density at radius 1 is 1.08 bits per heavy atom. The van der Waals surface area contributed by atoms with Crippen LogP contribution in [0.15, 0.2) is 93.2 Å². The SMILES string of the molecule is CCc1ccc(NC(=O)C2=C(C)NC(SCC(=O)Nc3ccc(F)cc3)=C(C#N)C2c2ccco2)cc1. The highest BCUT2D eigenvalue weighted by Gasteiger charge is 2.36. The number of amides is 2. The van der Waals surface area contributed by atoms with Gasteiger partial charge in [0.15, 0.2) is 0 Å². The topological polar surface area (TPSA) is 107 Å². The number of hydrogen-bond donors (Lipinski definition) is 3. The predicted octanol–water partition coefficient (Wildman–Crippen LogP) is 5.69. The summed E-state index contributed by atoms with van der Waals surface area (Å²) in [5, 5.41) is 19.3. The minimum atomic E-state index is -0.751. The van der Waals surface area contributed by atoms with Crippen molar-refractivity contribution in [2.75, 3.05) is 16.4 Å². The minimum Gasteiger partial charge on any atom is -0.468 e. The fraction of sp³-hybridized carbons (Fsp3) is 0.179. The van der Waals surface area contributed by atoms with Gasteiger partial charge in [0.05, 0.1) is 40.2 Å². The monoisotopic (exact) mass is 516 g/mol. The lowest BCUT2D eigenvalue weighted by Gasteiger charge is -2.28. The average Bonchev–Trinajstić information content (AvgIpc) is 3.43. The van der Waals surface area contributed by atoms with E-state index in [9.17, 15) is 19.2 Å². The Balaban J connectivity index is 1.56. The molecule has 0 fully saturated rings. The van der Waals surface area contributed by atoms with E-state index < -0.39 is 11.7 Å². The highest BCUT2D eigenvalue weighted by molar-refractivity contribution is 8.03. The van der Waals surface area contributed by atoms with Crippen LogP contribution in [-0.2, 0) is 16.0 Å². The Kier molecular flexibility index (Phi) is 8.11. The van der Waals surface area contributed by atoms with Crippen LogP contribution in [0.2, 0.25) is 0 Å². The fourth-order valence-corrected chi connectivity index (χ4v) is 4.85. The molecule has 1 atom stereocenters. The summed E-state index contributed by atoms with van der Waals surface area (Å²) < 4.78 is 18.8. The van der Waals surface area contributed by atoms with Crippen molar-refractivity contribution in [1.29, 1.82) is 5.26 Å². The van der Waals surface area contributed by atoms with Gasteiger partial charge in [0, 0.05) is 17.1 Å². The Morgan fingerprint density at radius 3 is 2.38 bits per heavy atom. The third-order valence-corrected chi connectivity index (χ3v) is 6.83. The van der Waals surface area contributed by atoms with Crippen LogP contribution in [-0.4, -0.2) is 17.6 Å². The molecule has 188 valence electrons. The van der Waals surface area contributed by atoms with Gasteiger partial charge in [-0.1, -0.05) is 30.8 Å². The van der Waals surface area contributed by atoms with Crippen LogP contribution in [0, 0.1) is 17.1 Å². The number of nitrogens with zero attached hydrogens (tertiary/aromatic N) is 1. The van der Waals surface area contributed by atoms with Gasteiger partial charge in [-0.05, 0) is 67.4 Å². The molecule has 9 heteroatoms. The lowest BCUT2D eigenvalue weighted by molar-refractivity contribution is -0.114. The third kappa shape index (κ3) is 6.11. The molecule has 1 unspecified atom stereocenters. The van der Waals surface area contributed by atoms with Gasteiger partial charge in [-0.25, -0.2) is 4.39 Å². The van der Waals surface area contributed by atoms with E-state index in [4.69, 9.17) is 4.42 Å². The zero-order valence-electron chi connectivity index (χ0n) is 20.3. The highest BCUT2D eigenvalue weighted by atomic mass is 32.2. The second-order valence-electron chi connectivity index (χ2n) is 8.32. The number of aryl methyl sites for hydroxylation is 1. The molecule has 2 aromatic carbocycles. The molecule has 7 nitrogen and oxygen atoms in total. The van der Waals surface area contributed by atoms with Crippen LogP contribution < -0.4 is 16.0 Å². The quantitative estimate of drug-likeness (QED) is 0.355. The first-order chi connectivity index (χ1) is 17.9. The Morgan fingerprint density at radius 2 is 1.76 bits per heavy atom. The Bertz CT molecular complexity index is 1390. The number of carbonyl (C=O) groups is 2. The molecule has 4 rings (SSSR count). The van der Waals surface area contributed by atoms with E-state index in [-0.39, 0.29) is 23.1 Å².